The smallest absolute Gasteiger partial charge is 0.251 e. The van der Waals surface area contributed by atoms with E-state index in [1.807, 2.05) is 0 Å². The van der Waals surface area contributed by atoms with Crippen molar-refractivity contribution < 1.29 is 9.53 Å². The summed E-state index contributed by atoms with van der Waals surface area (Å²) in [5.41, 5.74) is 9.41. The highest BCUT2D eigenvalue weighted by Gasteiger charge is 2.23. The fourth-order valence-electron chi connectivity index (χ4n) is 3.15. The average Bonchev–Trinajstić information content (AvgIpc) is 2.63. The third-order valence-corrected chi connectivity index (χ3v) is 4.54. The van der Waals surface area contributed by atoms with E-state index in [1.165, 1.54) is 11.1 Å². The molecule has 0 aromatic heterocycles. The van der Waals surface area contributed by atoms with Crippen LogP contribution in [0.2, 0.25) is 0 Å². The average molecular weight is 339 g/mol. The van der Waals surface area contributed by atoms with Gasteiger partial charge in [0.25, 0.3) is 5.91 Å². The number of nitrogens with zero attached hydrogens (tertiary/aromatic N) is 1. The zero-order valence-electron chi connectivity index (χ0n) is 14.6. The number of aryl methyl sites for hydroxylation is 1. The molecule has 2 aromatic carbocycles. The highest BCUT2D eigenvalue weighted by Crippen LogP contribution is 2.22. The van der Waals surface area contributed by atoms with E-state index in [2.05, 4.69) is 41.4 Å². The van der Waals surface area contributed by atoms with E-state index >= 15 is 0 Å². The van der Waals surface area contributed by atoms with Gasteiger partial charge in [-0.1, -0.05) is 29.8 Å². The molecule has 1 fully saturated rings. The van der Waals surface area contributed by atoms with E-state index in [0.717, 1.165) is 26.3 Å². The van der Waals surface area contributed by atoms with Crippen molar-refractivity contribution in [3.05, 3.63) is 65.2 Å². The summed E-state index contributed by atoms with van der Waals surface area (Å²) in [6.07, 6.45) is 0. The molecule has 0 spiro atoms. The Hall–Kier alpha value is -2.37. The third kappa shape index (κ3) is 4.59. The van der Waals surface area contributed by atoms with Gasteiger partial charge in [0.05, 0.1) is 19.3 Å². The Labute approximate surface area is 148 Å². The summed E-state index contributed by atoms with van der Waals surface area (Å²) >= 11 is 0. The number of ether oxygens (including phenoxy) is 1. The van der Waals surface area contributed by atoms with Crippen LogP contribution in [0.25, 0.3) is 0 Å². The Bertz CT molecular complexity index is 709. The predicted molar refractivity (Wildman–Crippen MR) is 99.5 cm³/mol. The van der Waals surface area contributed by atoms with Crippen molar-refractivity contribution in [3.8, 4) is 0 Å². The zero-order valence-corrected chi connectivity index (χ0v) is 14.6. The van der Waals surface area contributed by atoms with Gasteiger partial charge in [0.1, 0.15) is 0 Å². The number of hydrogen-bond acceptors (Lipinski definition) is 4. The standard InChI is InChI=1S/C20H25N3O2/c1-15-3-2-4-17(13-15)19(23-9-11-25-12-10-23)14-22-20(24)16-5-7-18(21)8-6-16/h2-8,13,19H,9-12,14,21H2,1H3,(H,22,24). The maximum atomic E-state index is 12.4. The van der Waals surface area contributed by atoms with Crippen molar-refractivity contribution in [3.63, 3.8) is 0 Å². The predicted octanol–water partition coefficient (Wildman–Crippen LogP) is 2.38. The second-order valence-electron chi connectivity index (χ2n) is 6.41. The van der Waals surface area contributed by atoms with Crippen LogP contribution < -0.4 is 11.1 Å². The summed E-state index contributed by atoms with van der Waals surface area (Å²) in [7, 11) is 0. The number of morpholine rings is 1. The van der Waals surface area contributed by atoms with Gasteiger partial charge in [-0.2, -0.15) is 0 Å². The molecule has 2 aromatic rings. The first-order chi connectivity index (χ1) is 12.1. The minimum absolute atomic E-state index is 0.0779. The summed E-state index contributed by atoms with van der Waals surface area (Å²) in [5.74, 6) is -0.0779. The molecular weight excluding hydrogens is 314 g/mol. The van der Waals surface area contributed by atoms with Crippen LogP contribution in [0.1, 0.15) is 27.5 Å². The summed E-state index contributed by atoms with van der Waals surface area (Å²) in [6.45, 7) is 5.86. The molecule has 132 valence electrons. The molecule has 1 unspecified atom stereocenters. The van der Waals surface area contributed by atoms with Crippen LogP contribution in [0.5, 0.6) is 0 Å². The Balaban J connectivity index is 1.73. The molecule has 3 N–H and O–H groups in total. The number of carbonyl (C=O) groups is 1. The molecule has 1 amide bonds. The molecule has 3 rings (SSSR count). The van der Waals surface area contributed by atoms with Crippen LogP contribution in [0.15, 0.2) is 48.5 Å². The molecule has 0 bridgehead atoms. The lowest BCUT2D eigenvalue weighted by Crippen LogP contribution is -2.43. The lowest BCUT2D eigenvalue weighted by molar-refractivity contribution is 0.0162. The second-order valence-corrected chi connectivity index (χ2v) is 6.41. The van der Waals surface area contributed by atoms with E-state index in [9.17, 15) is 4.79 Å². The van der Waals surface area contributed by atoms with Crippen molar-refractivity contribution in [2.24, 2.45) is 0 Å². The largest absolute Gasteiger partial charge is 0.399 e. The fraction of sp³-hybridized carbons (Fsp3) is 0.350. The van der Waals surface area contributed by atoms with E-state index in [-0.39, 0.29) is 11.9 Å². The minimum atomic E-state index is -0.0779. The van der Waals surface area contributed by atoms with Crippen LogP contribution >= 0.6 is 0 Å². The van der Waals surface area contributed by atoms with Crippen molar-refractivity contribution in [1.29, 1.82) is 0 Å². The van der Waals surface area contributed by atoms with Crippen LogP contribution in [-0.2, 0) is 4.74 Å². The monoisotopic (exact) mass is 339 g/mol. The molecule has 25 heavy (non-hydrogen) atoms. The summed E-state index contributed by atoms with van der Waals surface area (Å²) in [5, 5.41) is 3.07. The number of hydrogen-bond donors (Lipinski definition) is 2. The van der Waals surface area contributed by atoms with E-state index in [1.54, 1.807) is 24.3 Å². The fourth-order valence-corrected chi connectivity index (χ4v) is 3.15. The van der Waals surface area contributed by atoms with E-state index < -0.39 is 0 Å². The summed E-state index contributed by atoms with van der Waals surface area (Å²) < 4.78 is 5.47. The molecule has 1 aliphatic rings. The maximum absolute atomic E-state index is 12.4. The Morgan fingerprint density at radius 2 is 1.92 bits per heavy atom. The van der Waals surface area contributed by atoms with Gasteiger partial charge in [0.2, 0.25) is 0 Å². The van der Waals surface area contributed by atoms with E-state index in [0.29, 0.717) is 17.8 Å². The van der Waals surface area contributed by atoms with Crippen LogP contribution in [0.3, 0.4) is 0 Å². The normalized spacial score (nSPS) is 16.4. The van der Waals surface area contributed by atoms with Crippen molar-refractivity contribution in [2.75, 3.05) is 38.6 Å². The number of nitrogens with one attached hydrogen (secondary N) is 1. The molecule has 0 radical (unpaired) electrons. The topological polar surface area (TPSA) is 67.6 Å². The van der Waals surface area contributed by atoms with Gasteiger partial charge in [0, 0.05) is 30.9 Å². The summed E-state index contributed by atoms with van der Waals surface area (Å²) in [6, 6.07) is 15.6. The van der Waals surface area contributed by atoms with Gasteiger partial charge >= 0.3 is 0 Å². The molecule has 5 heteroatoms. The van der Waals surface area contributed by atoms with Gasteiger partial charge in [0.15, 0.2) is 0 Å². The Kier molecular flexibility index (Phi) is 5.68. The van der Waals surface area contributed by atoms with Gasteiger partial charge < -0.3 is 15.8 Å². The lowest BCUT2D eigenvalue weighted by atomic mass is 10.0. The third-order valence-electron chi connectivity index (χ3n) is 4.54. The number of carbonyl (C=O) groups excluding carboxylic acids is 1. The molecule has 1 saturated heterocycles. The first-order valence-corrected chi connectivity index (χ1v) is 8.65. The van der Waals surface area contributed by atoms with Crippen molar-refractivity contribution in [2.45, 2.75) is 13.0 Å². The van der Waals surface area contributed by atoms with Crippen LogP contribution in [0, 0.1) is 6.92 Å². The molecule has 0 aliphatic carbocycles. The number of nitrogens with two attached hydrogens (primary N) is 1. The molecule has 1 aliphatic heterocycles. The van der Waals surface area contributed by atoms with Gasteiger partial charge in [-0.05, 0) is 36.8 Å². The quantitative estimate of drug-likeness (QED) is 0.821. The van der Waals surface area contributed by atoms with E-state index in [4.69, 9.17) is 10.5 Å². The second kappa shape index (κ2) is 8.14. The lowest BCUT2D eigenvalue weighted by Gasteiger charge is -2.35. The summed E-state index contributed by atoms with van der Waals surface area (Å²) in [4.78, 5) is 14.8. The van der Waals surface area contributed by atoms with Gasteiger partial charge in [-0.25, -0.2) is 0 Å². The number of nitrogen functional groups attached to an aromatic ring is 1. The highest BCUT2D eigenvalue weighted by atomic mass is 16.5. The number of amides is 1. The minimum Gasteiger partial charge on any atom is -0.399 e. The first kappa shape index (κ1) is 17.5. The Morgan fingerprint density at radius 1 is 1.20 bits per heavy atom. The highest BCUT2D eigenvalue weighted by molar-refractivity contribution is 5.94. The van der Waals surface area contributed by atoms with Gasteiger partial charge in [-0.15, -0.1) is 0 Å². The first-order valence-electron chi connectivity index (χ1n) is 8.65. The van der Waals surface area contributed by atoms with Crippen LogP contribution in [0.4, 0.5) is 5.69 Å². The molecule has 0 saturated carbocycles. The Morgan fingerprint density at radius 3 is 2.60 bits per heavy atom. The van der Waals surface area contributed by atoms with Crippen molar-refractivity contribution >= 4 is 11.6 Å². The zero-order chi connectivity index (χ0) is 17.6. The molecule has 1 atom stereocenters. The number of rotatable bonds is 5. The number of benzene rings is 2. The van der Waals surface area contributed by atoms with Crippen LogP contribution in [-0.4, -0.2) is 43.7 Å². The van der Waals surface area contributed by atoms with Gasteiger partial charge in [-0.3, -0.25) is 9.69 Å². The number of anilines is 1. The SMILES string of the molecule is Cc1cccc(C(CNC(=O)c2ccc(N)cc2)N2CCOCC2)c1. The van der Waals surface area contributed by atoms with Crippen molar-refractivity contribution in [1.82, 2.24) is 10.2 Å². The molecular formula is C20H25N3O2. The maximum Gasteiger partial charge on any atom is 0.251 e. The molecule has 1 heterocycles. The molecule has 5 nitrogen and oxygen atoms in total.